The number of amides is 1. The molecule has 1 amide bonds. The molecule has 9 heteroatoms. The Balaban J connectivity index is 1.30. The fourth-order valence-corrected chi connectivity index (χ4v) is 4.65. The summed E-state index contributed by atoms with van der Waals surface area (Å²) in [5.74, 6) is 0.00281. The number of benzene rings is 1. The molecular weight excluding hydrogens is 415 g/mol. The molecule has 3 saturated heterocycles. The van der Waals surface area contributed by atoms with Gasteiger partial charge >= 0.3 is 0 Å². The summed E-state index contributed by atoms with van der Waals surface area (Å²) in [5, 5.41) is 8.07. The topological polar surface area (TPSA) is 66.1 Å². The molecule has 0 bridgehead atoms. The predicted molar refractivity (Wildman–Crippen MR) is 111 cm³/mol. The molecule has 0 aliphatic carbocycles. The number of carbonyl (C=O) groups excluding carboxylic acids is 1. The lowest BCUT2D eigenvalue weighted by molar-refractivity contribution is -0.175. The molecule has 1 aromatic rings. The third kappa shape index (κ3) is 4.88. The standard InChI is InChI=1S/C20H28Cl2N4O3/c1-12-16(11-26(24-12)10-13-5-6-14(21)15(22)8-13)23-20(27)17-9-19(29-25(17)2)18-4-3-7-28-18/h5-6,8,12,16-19,24H,3-4,7,9-11H2,1-2H3,(H,23,27). The van der Waals surface area contributed by atoms with Crippen molar-refractivity contribution >= 4 is 29.1 Å². The monoisotopic (exact) mass is 442 g/mol. The second kappa shape index (κ2) is 9.06. The molecule has 2 N–H and O–H groups in total. The predicted octanol–water partition coefficient (Wildman–Crippen LogP) is 2.37. The van der Waals surface area contributed by atoms with Gasteiger partial charge in [-0.15, -0.1) is 0 Å². The Kier molecular flexibility index (Phi) is 6.65. The van der Waals surface area contributed by atoms with Crippen LogP contribution < -0.4 is 10.7 Å². The maximum atomic E-state index is 12.9. The van der Waals surface area contributed by atoms with E-state index in [0.717, 1.165) is 25.0 Å². The number of hydrogen-bond acceptors (Lipinski definition) is 6. The van der Waals surface area contributed by atoms with Gasteiger partial charge in [-0.3, -0.25) is 9.63 Å². The Morgan fingerprint density at radius 1 is 1.31 bits per heavy atom. The minimum atomic E-state index is -0.291. The quantitative estimate of drug-likeness (QED) is 0.729. The van der Waals surface area contributed by atoms with E-state index in [4.69, 9.17) is 32.8 Å². The molecule has 5 unspecified atom stereocenters. The number of nitrogens with one attached hydrogen (secondary N) is 2. The molecule has 29 heavy (non-hydrogen) atoms. The van der Waals surface area contributed by atoms with E-state index in [0.29, 0.717) is 29.6 Å². The van der Waals surface area contributed by atoms with Crippen LogP contribution in [0, 0.1) is 0 Å². The number of hydrogen-bond donors (Lipinski definition) is 2. The highest BCUT2D eigenvalue weighted by Gasteiger charge is 2.42. The van der Waals surface area contributed by atoms with Gasteiger partial charge in [-0.25, -0.2) is 10.4 Å². The van der Waals surface area contributed by atoms with Crippen LogP contribution in [0.5, 0.6) is 0 Å². The van der Waals surface area contributed by atoms with Crippen LogP contribution >= 0.6 is 23.2 Å². The van der Waals surface area contributed by atoms with Crippen LogP contribution in [0.4, 0.5) is 0 Å². The Labute approximate surface area is 181 Å². The van der Waals surface area contributed by atoms with E-state index in [2.05, 4.69) is 22.7 Å². The van der Waals surface area contributed by atoms with Crippen LogP contribution in [-0.4, -0.2) is 66.5 Å². The first-order valence-electron chi connectivity index (χ1n) is 10.2. The van der Waals surface area contributed by atoms with Crippen LogP contribution in [-0.2, 0) is 20.9 Å². The largest absolute Gasteiger partial charge is 0.375 e. The van der Waals surface area contributed by atoms with Crippen molar-refractivity contribution in [2.75, 3.05) is 20.2 Å². The highest BCUT2D eigenvalue weighted by atomic mass is 35.5. The molecule has 7 nitrogen and oxygen atoms in total. The van der Waals surface area contributed by atoms with Gasteiger partial charge in [0, 0.05) is 39.2 Å². The van der Waals surface area contributed by atoms with Crippen molar-refractivity contribution < 1.29 is 14.4 Å². The van der Waals surface area contributed by atoms with Crippen molar-refractivity contribution in [3.63, 3.8) is 0 Å². The van der Waals surface area contributed by atoms with Crippen LogP contribution in [0.3, 0.4) is 0 Å². The molecule has 5 atom stereocenters. The number of rotatable bonds is 5. The number of nitrogens with zero attached hydrogens (tertiary/aromatic N) is 2. The number of halogens is 2. The van der Waals surface area contributed by atoms with Crippen molar-refractivity contribution in [2.24, 2.45) is 0 Å². The maximum Gasteiger partial charge on any atom is 0.240 e. The summed E-state index contributed by atoms with van der Waals surface area (Å²) in [5.41, 5.74) is 4.49. The molecule has 3 heterocycles. The van der Waals surface area contributed by atoms with Gasteiger partial charge < -0.3 is 10.1 Å². The Morgan fingerprint density at radius 3 is 2.86 bits per heavy atom. The molecule has 4 rings (SSSR count). The summed E-state index contributed by atoms with van der Waals surface area (Å²) in [6.45, 7) is 4.25. The second-order valence-electron chi connectivity index (χ2n) is 8.15. The van der Waals surface area contributed by atoms with Gasteiger partial charge in [0.15, 0.2) is 0 Å². The lowest BCUT2D eigenvalue weighted by atomic mass is 10.0. The third-order valence-corrected chi connectivity index (χ3v) is 6.71. The summed E-state index contributed by atoms with van der Waals surface area (Å²) in [4.78, 5) is 18.8. The molecule has 3 fully saturated rings. The van der Waals surface area contributed by atoms with Gasteiger partial charge in [-0.2, -0.15) is 5.06 Å². The van der Waals surface area contributed by atoms with Gasteiger partial charge in [0.1, 0.15) is 12.1 Å². The van der Waals surface area contributed by atoms with Gasteiger partial charge in [0.05, 0.1) is 22.2 Å². The normalized spacial score (nSPS) is 33.4. The first-order chi connectivity index (χ1) is 13.9. The molecule has 160 valence electrons. The summed E-state index contributed by atoms with van der Waals surface area (Å²) < 4.78 is 5.73. The smallest absolute Gasteiger partial charge is 0.240 e. The number of carbonyl (C=O) groups is 1. The van der Waals surface area contributed by atoms with Crippen LogP contribution in [0.25, 0.3) is 0 Å². The zero-order valence-electron chi connectivity index (χ0n) is 16.7. The molecule has 0 aromatic heterocycles. The Bertz CT molecular complexity index is 746. The number of hydrazine groups is 1. The first-order valence-corrected chi connectivity index (χ1v) is 10.9. The lowest BCUT2D eigenvalue weighted by Gasteiger charge is -2.21. The van der Waals surface area contributed by atoms with E-state index >= 15 is 0 Å². The zero-order valence-corrected chi connectivity index (χ0v) is 18.2. The van der Waals surface area contributed by atoms with Crippen molar-refractivity contribution in [3.8, 4) is 0 Å². The van der Waals surface area contributed by atoms with Gasteiger partial charge in [-0.05, 0) is 37.5 Å². The van der Waals surface area contributed by atoms with E-state index in [1.54, 1.807) is 11.1 Å². The average Bonchev–Trinajstić information content (AvgIpc) is 3.39. The van der Waals surface area contributed by atoms with E-state index in [-0.39, 0.29) is 36.2 Å². The van der Waals surface area contributed by atoms with E-state index in [1.165, 1.54) is 0 Å². The fraction of sp³-hybridized carbons (Fsp3) is 0.650. The molecule has 0 saturated carbocycles. The highest BCUT2D eigenvalue weighted by molar-refractivity contribution is 6.42. The van der Waals surface area contributed by atoms with Gasteiger partial charge in [-0.1, -0.05) is 29.3 Å². The first kappa shape index (κ1) is 21.3. The van der Waals surface area contributed by atoms with Crippen molar-refractivity contribution in [2.45, 2.75) is 63.1 Å². The van der Waals surface area contributed by atoms with Gasteiger partial charge in [0.2, 0.25) is 5.91 Å². The number of ether oxygens (including phenoxy) is 1. The van der Waals surface area contributed by atoms with Gasteiger partial charge in [0.25, 0.3) is 0 Å². The second-order valence-corrected chi connectivity index (χ2v) is 8.97. The van der Waals surface area contributed by atoms with Crippen molar-refractivity contribution in [1.29, 1.82) is 0 Å². The van der Waals surface area contributed by atoms with Crippen molar-refractivity contribution in [3.05, 3.63) is 33.8 Å². The lowest BCUT2D eigenvalue weighted by Crippen LogP contribution is -2.49. The zero-order chi connectivity index (χ0) is 20.5. The molecule has 0 radical (unpaired) electrons. The summed E-state index contributed by atoms with van der Waals surface area (Å²) in [6.07, 6.45) is 2.78. The number of hydroxylamine groups is 2. The van der Waals surface area contributed by atoms with E-state index in [1.807, 2.05) is 19.2 Å². The van der Waals surface area contributed by atoms with E-state index < -0.39 is 0 Å². The molecule has 0 spiro atoms. The average molecular weight is 443 g/mol. The Hall–Kier alpha value is -0.930. The van der Waals surface area contributed by atoms with E-state index in [9.17, 15) is 4.79 Å². The van der Waals surface area contributed by atoms with Crippen LogP contribution in [0.1, 0.15) is 31.7 Å². The molecular formula is C20H28Cl2N4O3. The van der Waals surface area contributed by atoms with Crippen LogP contribution in [0.2, 0.25) is 10.0 Å². The number of likely N-dealkylation sites (N-methyl/N-ethyl adjacent to an activating group) is 1. The molecule has 1 aromatic carbocycles. The van der Waals surface area contributed by atoms with Crippen molar-refractivity contribution in [1.82, 2.24) is 20.8 Å². The maximum absolute atomic E-state index is 12.9. The SMILES string of the molecule is CC1NN(Cc2ccc(Cl)c(Cl)c2)CC1NC(=O)C1CC(C2CCCO2)ON1C. The highest BCUT2D eigenvalue weighted by Crippen LogP contribution is 2.29. The van der Waals surface area contributed by atoms with Crippen LogP contribution in [0.15, 0.2) is 18.2 Å². The summed E-state index contributed by atoms with van der Waals surface area (Å²) >= 11 is 12.1. The minimum Gasteiger partial charge on any atom is -0.375 e. The third-order valence-electron chi connectivity index (χ3n) is 5.97. The summed E-state index contributed by atoms with van der Waals surface area (Å²) in [6, 6.07) is 5.49. The minimum absolute atomic E-state index is 0.00281. The Morgan fingerprint density at radius 2 is 2.14 bits per heavy atom. The fourth-order valence-electron chi connectivity index (χ4n) is 4.33. The molecule has 3 aliphatic rings. The summed E-state index contributed by atoms with van der Waals surface area (Å²) in [7, 11) is 1.83. The molecule has 3 aliphatic heterocycles.